The van der Waals surface area contributed by atoms with Crippen molar-refractivity contribution in [1.29, 1.82) is 0 Å². The van der Waals surface area contributed by atoms with Crippen LogP contribution in [0.15, 0.2) is 12.1 Å². The Labute approximate surface area is 103 Å². The summed E-state index contributed by atoms with van der Waals surface area (Å²) in [5, 5.41) is 4.59. The van der Waals surface area contributed by atoms with Crippen LogP contribution in [0, 0.1) is 6.92 Å². The van der Waals surface area contributed by atoms with Crippen LogP contribution >= 0.6 is 0 Å². The highest BCUT2D eigenvalue weighted by molar-refractivity contribution is 5.77. The molecule has 1 aromatic rings. The average molecular weight is 263 g/mol. The van der Waals surface area contributed by atoms with Crippen molar-refractivity contribution < 1.29 is 18.0 Å². The molecule has 0 saturated carbocycles. The minimum Gasteiger partial charge on any atom is -0.350 e. The molecule has 2 N–H and O–H groups in total. The van der Waals surface area contributed by atoms with Gasteiger partial charge in [0.25, 0.3) is 0 Å². The smallest absolute Gasteiger partial charge is 0.350 e. The van der Waals surface area contributed by atoms with Crippen LogP contribution in [0.4, 0.5) is 13.2 Å². The molecule has 0 bridgehead atoms. The van der Waals surface area contributed by atoms with E-state index in [0.717, 1.165) is 11.4 Å². The zero-order valence-corrected chi connectivity index (χ0v) is 10.3. The molecule has 0 radical (unpaired) electrons. The van der Waals surface area contributed by atoms with E-state index in [2.05, 4.69) is 5.32 Å². The van der Waals surface area contributed by atoms with Crippen molar-refractivity contribution in [3.05, 3.63) is 23.5 Å². The van der Waals surface area contributed by atoms with Crippen molar-refractivity contribution in [2.45, 2.75) is 19.6 Å². The Balaban J connectivity index is 2.27. The van der Waals surface area contributed by atoms with Gasteiger partial charge in [0, 0.05) is 18.4 Å². The number of aromatic nitrogens is 1. The van der Waals surface area contributed by atoms with Crippen molar-refractivity contribution in [1.82, 2.24) is 15.2 Å². The Morgan fingerprint density at radius 1 is 1.39 bits per heavy atom. The van der Waals surface area contributed by atoms with Crippen molar-refractivity contribution >= 4 is 5.91 Å². The van der Waals surface area contributed by atoms with Gasteiger partial charge in [-0.05, 0) is 19.1 Å². The molecule has 0 aliphatic rings. The second-order valence-corrected chi connectivity index (χ2v) is 4.02. The first-order valence-corrected chi connectivity index (χ1v) is 5.45. The van der Waals surface area contributed by atoms with Gasteiger partial charge in [-0.15, -0.1) is 0 Å². The summed E-state index contributed by atoms with van der Waals surface area (Å²) in [7, 11) is 1.86. The fourth-order valence-electron chi connectivity index (χ4n) is 1.41. The quantitative estimate of drug-likeness (QED) is 0.835. The summed E-state index contributed by atoms with van der Waals surface area (Å²) in [5.74, 6) is -0.460. The lowest BCUT2D eigenvalue weighted by molar-refractivity contribution is -0.128. The van der Waals surface area contributed by atoms with Crippen LogP contribution in [0.25, 0.3) is 0 Å². The highest BCUT2D eigenvalue weighted by Crippen LogP contribution is 2.11. The summed E-state index contributed by atoms with van der Waals surface area (Å²) in [6.07, 6.45) is -4.30. The summed E-state index contributed by atoms with van der Waals surface area (Å²) in [5.41, 5.74) is 1.95. The van der Waals surface area contributed by atoms with Gasteiger partial charge in [0.1, 0.15) is 0 Å². The van der Waals surface area contributed by atoms with Crippen LogP contribution in [0.2, 0.25) is 0 Å². The minimum absolute atomic E-state index is 0.302. The fraction of sp³-hybridized carbons (Fsp3) is 0.545. The van der Waals surface area contributed by atoms with E-state index >= 15 is 0 Å². The van der Waals surface area contributed by atoms with E-state index in [1.807, 2.05) is 36.0 Å². The molecule has 0 saturated heterocycles. The van der Waals surface area contributed by atoms with Gasteiger partial charge in [-0.2, -0.15) is 13.2 Å². The normalized spacial score (nSPS) is 11.6. The summed E-state index contributed by atoms with van der Waals surface area (Å²) >= 11 is 0. The highest BCUT2D eigenvalue weighted by Gasteiger charge is 2.26. The van der Waals surface area contributed by atoms with E-state index in [1.54, 1.807) is 0 Å². The van der Waals surface area contributed by atoms with Crippen LogP contribution in [-0.4, -0.2) is 29.7 Å². The summed E-state index contributed by atoms with van der Waals surface area (Å²) < 4.78 is 37.4. The fourth-order valence-corrected chi connectivity index (χ4v) is 1.41. The van der Waals surface area contributed by atoms with Gasteiger partial charge in [0.2, 0.25) is 5.91 Å². The van der Waals surface area contributed by atoms with Crippen molar-refractivity contribution in [3.8, 4) is 0 Å². The number of nitrogens with one attached hydrogen (secondary N) is 2. The van der Waals surface area contributed by atoms with Gasteiger partial charge < -0.3 is 15.2 Å². The molecule has 0 atom stereocenters. The van der Waals surface area contributed by atoms with E-state index < -0.39 is 18.6 Å². The molecular weight excluding hydrogens is 247 g/mol. The molecule has 1 rings (SSSR count). The Morgan fingerprint density at radius 3 is 2.56 bits per heavy atom. The summed E-state index contributed by atoms with van der Waals surface area (Å²) in [6.45, 7) is 0.722. The predicted molar refractivity (Wildman–Crippen MR) is 60.9 cm³/mol. The molecular formula is C11H16F3N3O. The number of nitrogens with zero attached hydrogens (tertiary/aromatic N) is 1. The zero-order valence-electron chi connectivity index (χ0n) is 10.3. The predicted octanol–water partition coefficient (Wildman–Crippen LogP) is 1.10. The lowest BCUT2D eigenvalue weighted by atomic mass is 10.4. The molecule has 4 nitrogen and oxygen atoms in total. The first-order chi connectivity index (χ1) is 8.29. The number of aryl methyl sites for hydroxylation is 1. The third-order valence-electron chi connectivity index (χ3n) is 2.55. The van der Waals surface area contributed by atoms with E-state index in [9.17, 15) is 18.0 Å². The molecule has 0 unspecified atom stereocenters. The molecule has 7 heteroatoms. The Bertz CT molecular complexity index is 412. The van der Waals surface area contributed by atoms with E-state index in [-0.39, 0.29) is 6.54 Å². The van der Waals surface area contributed by atoms with E-state index in [4.69, 9.17) is 0 Å². The first kappa shape index (κ1) is 14.6. The minimum atomic E-state index is -4.30. The maximum Gasteiger partial charge on any atom is 0.401 e. The maximum atomic E-state index is 11.8. The lowest BCUT2D eigenvalue weighted by Gasteiger charge is -2.09. The molecule has 18 heavy (non-hydrogen) atoms. The third kappa shape index (κ3) is 4.79. The van der Waals surface area contributed by atoms with E-state index in [1.165, 1.54) is 0 Å². The zero-order chi connectivity index (χ0) is 13.8. The topological polar surface area (TPSA) is 46.1 Å². The number of carbonyl (C=O) groups excluding carboxylic acids is 1. The van der Waals surface area contributed by atoms with Gasteiger partial charge in [-0.3, -0.25) is 4.79 Å². The number of hydrogen-bond acceptors (Lipinski definition) is 2. The van der Waals surface area contributed by atoms with Gasteiger partial charge >= 0.3 is 6.18 Å². The molecule has 1 aromatic heterocycles. The molecule has 102 valence electrons. The van der Waals surface area contributed by atoms with E-state index in [0.29, 0.717) is 6.54 Å². The monoisotopic (exact) mass is 263 g/mol. The Kier molecular flexibility index (Phi) is 4.77. The summed E-state index contributed by atoms with van der Waals surface area (Å²) in [6, 6.07) is 3.77. The molecule has 1 heterocycles. The summed E-state index contributed by atoms with van der Waals surface area (Å²) in [4.78, 5) is 11.3. The SMILES string of the molecule is Cc1ccc(CNC(=O)CNCC(F)(F)F)n1C. The molecule has 0 fully saturated rings. The maximum absolute atomic E-state index is 11.8. The first-order valence-electron chi connectivity index (χ1n) is 5.45. The lowest BCUT2D eigenvalue weighted by Crippen LogP contribution is -2.38. The number of rotatable bonds is 5. The van der Waals surface area contributed by atoms with Crippen LogP contribution in [0.1, 0.15) is 11.4 Å². The number of hydrogen-bond donors (Lipinski definition) is 2. The number of alkyl halides is 3. The molecule has 0 aliphatic carbocycles. The largest absolute Gasteiger partial charge is 0.401 e. The molecule has 0 aliphatic heterocycles. The van der Waals surface area contributed by atoms with Crippen LogP contribution < -0.4 is 10.6 Å². The van der Waals surface area contributed by atoms with Gasteiger partial charge in [-0.25, -0.2) is 0 Å². The van der Waals surface area contributed by atoms with Gasteiger partial charge in [-0.1, -0.05) is 0 Å². The molecule has 0 spiro atoms. The second kappa shape index (κ2) is 5.90. The standard InChI is InChI=1S/C11H16F3N3O/c1-8-3-4-9(17(8)2)5-16-10(18)6-15-7-11(12,13)14/h3-4,15H,5-7H2,1-2H3,(H,16,18). The van der Waals surface area contributed by atoms with Crippen LogP contribution in [0.5, 0.6) is 0 Å². The Hall–Kier alpha value is -1.50. The van der Waals surface area contributed by atoms with Crippen molar-refractivity contribution in [3.63, 3.8) is 0 Å². The Morgan fingerprint density at radius 2 is 2.06 bits per heavy atom. The number of amides is 1. The second-order valence-electron chi connectivity index (χ2n) is 4.02. The number of carbonyl (C=O) groups is 1. The third-order valence-corrected chi connectivity index (χ3v) is 2.55. The van der Waals surface area contributed by atoms with Crippen LogP contribution in [0.3, 0.4) is 0 Å². The van der Waals surface area contributed by atoms with Gasteiger partial charge in [0.05, 0.1) is 19.6 Å². The number of halogens is 3. The molecule has 1 amide bonds. The van der Waals surface area contributed by atoms with Crippen LogP contribution in [-0.2, 0) is 18.4 Å². The average Bonchev–Trinajstić information content (AvgIpc) is 2.55. The molecule has 0 aromatic carbocycles. The highest BCUT2D eigenvalue weighted by atomic mass is 19.4. The van der Waals surface area contributed by atoms with Crippen molar-refractivity contribution in [2.24, 2.45) is 7.05 Å². The van der Waals surface area contributed by atoms with Gasteiger partial charge in [0.15, 0.2) is 0 Å². The van der Waals surface area contributed by atoms with Crippen molar-refractivity contribution in [2.75, 3.05) is 13.1 Å².